The molecular weight excluding hydrogens is 204 g/mol. The van der Waals surface area contributed by atoms with Crippen LogP contribution in [0.5, 0.6) is 0 Å². The summed E-state index contributed by atoms with van der Waals surface area (Å²) in [5.41, 5.74) is 5.26. The number of rotatable bonds is 3. The molecule has 2 N–H and O–H groups in total. The van der Waals surface area contributed by atoms with Gasteiger partial charge in [0.1, 0.15) is 0 Å². The maximum atomic E-state index is 11.0. The van der Waals surface area contributed by atoms with Crippen molar-refractivity contribution in [3.63, 3.8) is 0 Å². The van der Waals surface area contributed by atoms with Crippen molar-refractivity contribution in [2.45, 2.75) is 31.7 Å². The van der Waals surface area contributed by atoms with Crippen molar-refractivity contribution < 1.29 is 4.79 Å². The van der Waals surface area contributed by atoms with Gasteiger partial charge in [-0.2, -0.15) is 0 Å². The third-order valence-electron chi connectivity index (χ3n) is 2.87. The van der Waals surface area contributed by atoms with Gasteiger partial charge in [0.05, 0.1) is 0 Å². The molecule has 0 aromatic carbocycles. The summed E-state index contributed by atoms with van der Waals surface area (Å²) < 4.78 is 0. The van der Waals surface area contributed by atoms with E-state index >= 15 is 0 Å². The first-order valence-corrected chi connectivity index (χ1v) is 5.59. The number of hydrogen-bond donors (Lipinski definition) is 1. The lowest BCUT2D eigenvalue weighted by molar-refractivity contribution is -0.118. The van der Waals surface area contributed by atoms with Gasteiger partial charge in [-0.15, -0.1) is 0 Å². The molecule has 2 heterocycles. The zero-order valence-corrected chi connectivity index (χ0v) is 9.17. The monoisotopic (exact) mass is 220 g/mol. The summed E-state index contributed by atoms with van der Waals surface area (Å²) >= 11 is 0. The second-order valence-corrected chi connectivity index (χ2v) is 4.06. The first-order valence-electron chi connectivity index (χ1n) is 5.59. The molecule has 1 aromatic rings. The molecule has 1 aliphatic heterocycles. The largest absolute Gasteiger partial charge is 0.370 e. The predicted octanol–water partition coefficient (Wildman–Crippen LogP) is 0.711. The molecule has 1 fully saturated rings. The summed E-state index contributed by atoms with van der Waals surface area (Å²) in [5.74, 6) is 0.446. The molecule has 5 heteroatoms. The van der Waals surface area contributed by atoms with E-state index in [2.05, 4.69) is 14.9 Å². The molecule has 1 saturated heterocycles. The lowest BCUT2D eigenvalue weighted by atomic mass is 9.99. The Hall–Kier alpha value is -1.65. The highest BCUT2D eigenvalue weighted by Gasteiger charge is 2.25. The summed E-state index contributed by atoms with van der Waals surface area (Å²) in [6, 6.07) is 1.95. The van der Waals surface area contributed by atoms with E-state index < -0.39 is 0 Å². The molecule has 86 valence electrons. The molecule has 0 bridgehead atoms. The molecule has 1 unspecified atom stereocenters. The molecule has 0 saturated carbocycles. The van der Waals surface area contributed by atoms with Gasteiger partial charge in [-0.3, -0.25) is 4.79 Å². The summed E-state index contributed by atoms with van der Waals surface area (Å²) in [4.78, 5) is 21.5. The lowest BCUT2D eigenvalue weighted by Gasteiger charge is -2.35. The van der Waals surface area contributed by atoms with Gasteiger partial charge in [-0.1, -0.05) is 0 Å². The van der Waals surface area contributed by atoms with Crippen LogP contribution in [0.15, 0.2) is 18.5 Å². The quantitative estimate of drug-likeness (QED) is 0.814. The van der Waals surface area contributed by atoms with E-state index in [0.29, 0.717) is 12.4 Å². The van der Waals surface area contributed by atoms with Gasteiger partial charge < -0.3 is 10.6 Å². The van der Waals surface area contributed by atoms with Gasteiger partial charge >= 0.3 is 0 Å². The average Bonchev–Trinajstić information content (AvgIpc) is 2.30. The fourth-order valence-corrected chi connectivity index (χ4v) is 2.15. The van der Waals surface area contributed by atoms with Crippen molar-refractivity contribution in [2.24, 2.45) is 5.73 Å². The van der Waals surface area contributed by atoms with Crippen LogP contribution < -0.4 is 10.6 Å². The van der Waals surface area contributed by atoms with Crippen molar-refractivity contribution in [2.75, 3.05) is 11.4 Å². The molecule has 2 rings (SSSR count). The van der Waals surface area contributed by atoms with Crippen molar-refractivity contribution in [1.29, 1.82) is 0 Å². The van der Waals surface area contributed by atoms with E-state index in [1.54, 1.807) is 18.5 Å². The van der Waals surface area contributed by atoms with Crippen LogP contribution in [0, 0.1) is 0 Å². The van der Waals surface area contributed by atoms with Crippen LogP contribution in [0.4, 0.5) is 5.95 Å². The Morgan fingerprint density at radius 1 is 1.44 bits per heavy atom. The van der Waals surface area contributed by atoms with E-state index in [-0.39, 0.29) is 11.9 Å². The Balaban J connectivity index is 2.13. The first kappa shape index (κ1) is 10.9. The Morgan fingerprint density at radius 2 is 2.19 bits per heavy atom. The Bertz CT molecular complexity index is 354. The third-order valence-corrected chi connectivity index (χ3v) is 2.87. The fourth-order valence-electron chi connectivity index (χ4n) is 2.15. The second kappa shape index (κ2) is 4.92. The molecular formula is C11H16N4O. The lowest BCUT2D eigenvalue weighted by Crippen LogP contribution is -2.42. The molecule has 0 aliphatic carbocycles. The number of primary amides is 1. The molecule has 5 nitrogen and oxygen atoms in total. The standard InChI is InChI=1S/C11H16N4O/c12-10(16)8-9-4-1-2-7-15(9)11-13-5-3-6-14-11/h3,5-6,9H,1-2,4,7-8H2,(H2,12,16). The number of piperidine rings is 1. The van der Waals surface area contributed by atoms with Crippen molar-refractivity contribution in [3.05, 3.63) is 18.5 Å². The van der Waals surface area contributed by atoms with Crippen molar-refractivity contribution in [1.82, 2.24) is 9.97 Å². The predicted molar refractivity (Wildman–Crippen MR) is 60.8 cm³/mol. The average molecular weight is 220 g/mol. The smallest absolute Gasteiger partial charge is 0.225 e. The highest BCUT2D eigenvalue weighted by Crippen LogP contribution is 2.22. The molecule has 1 aromatic heterocycles. The topological polar surface area (TPSA) is 72.1 Å². The van der Waals surface area contributed by atoms with Gasteiger partial charge in [0.2, 0.25) is 11.9 Å². The summed E-state index contributed by atoms with van der Waals surface area (Å²) in [6.45, 7) is 0.905. The van der Waals surface area contributed by atoms with E-state index in [9.17, 15) is 4.79 Å². The minimum atomic E-state index is -0.257. The van der Waals surface area contributed by atoms with Crippen LogP contribution >= 0.6 is 0 Å². The van der Waals surface area contributed by atoms with Gasteiger partial charge in [0.15, 0.2) is 0 Å². The number of anilines is 1. The SMILES string of the molecule is NC(=O)CC1CCCCN1c1ncccn1. The zero-order valence-electron chi connectivity index (χ0n) is 9.17. The fraction of sp³-hybridized carbons (Fsp3) is 0.545. The number of carbonyl (C=O) groups is 1. The minimum absolute atomic E-state index is 0.161. The van der Waals surface area contributed by atoms with Gasteiger partial charge in [0, 0.05) is 31.4 Å². The number of hydrogen-bond acceptors (Lipinski definition) is 4. The highest BCUT2D eigenvalue weighted by atomic mass is 16.1. The number of carbonyl (C=O) groups excluding carboxylic acids is 1. The Kier molecular flexibility index (Phi) is 3.34. The maximum Gasteiger partial charge on any atom is 0.225 e. The Labute approximate surface area is 94.7 Å². The third kappa shape index (κ3) is 2.48. The number of nitrogens with two attached hydrogens (primary N) is 1. The Morgan fingerprint density at radius 3 is 2.88 bits per heavy atom. The van der Waals surface area contributed by atoms with Crippen LogP contribution in [0.3, 0.4) is 0 Å². The van der Waals surface area contributed by atoms with Gasteiger partial charge in [-0.25, -0.2) is 9.97 Å². The number of aromatic nitrogens is 2. The van der Waals surface area contributed by atoms with Crippen LogP contribution in [0.2, 0.25) is 0 Å². The molecule has 1 aliphatic rings. The number of amides is 1. The summed E-state index contributed by atoms with van der Waals surface area (Å²) in [5, 5.41) is 0. The molecule has 1 amide bonds. The summed E-state index contributed by atoms with van der Waals surface area (Å²) in [7, 11) is 0. The minimum Gasteiger partial charge on any atom is -0.370 e. The van der Waals surface area contributed by atoms with Crippen molar-refractivity contribution in [3.8, 4) is 0 Å². The summed E-state index contributed by atoms with van der Waals surface area (Å²) in [6.07, 6.45) is 7.07. The first-order chi connectivity index (χ1) is 7.77. The van der Waals surface area contributed by atoms with Crippen LogP contribution in [0.25, 0.3) is 0 Å². The molecule has 0 spiro atoms. The molecule has 0 radical (unpaired) electrons. The van der Waals surface area contributed by atoms with Gasteiger partial charge in [-0.05, 0) is 25.3 Å². The number of nitrogens with zero attached hydrogens (tertiary/aromatic N) is 3. The maximum absolute atomic E-state index is 11.0. The molecule has 1 atom stereocenters. The normalized spacial score (nSPS) is 20.8. The van der Waals surface area contributed by atoms with Gasteiger partial charge in [0.25, 0.3) is 0 Å². The highest BCUT2D eigenvalue weighted by molar-refractivity contribution is 5.75. The van der Waals surface area contributed by atoms with E-state index in [1.807, 2.05) is 0 Å². The second-order valence-electron chi connectivity index (χ2n) is 4.06. The van der Waals surface area contributed by atoms with Crippen LogP contribution in [0.1, 0.15) is 25.7 Å². The van der Waals surface area contributed by atoms with Crippen LogP contribution in [-0.2, 0) is 4.79 Å². The van der Waals surface area contributed by atoms with E-state index in [4.69, 9.17) is 5.73 Å². The van der Waals surface area contributed by atoms with E-state index in [1.165, 1.54) is 0 Å². The zero-order chi connectivity index (χ0) is 11.4. The van der Waals surface area contributed by atoms with Crippen LogP contribution in [-0.4, -0.2) is 28.5 Å². The van der Waals surface area contributed by atoms with E-state index in [0.717, 1.165) is 25.8 Å². The van der Waals surface area contributed by atoms with Crippen molar-refractivity contribution >= 4 is 11.9 Å². The molecule has 16 heavy (non-hydrogen) atoms.